The molecule has 152 valence electrons. The standard InChI is InChI=1S/C18H25BrN4O3SSi/c1-28(2,3)11-22-10-13(20-21-22)14-9-18(5-6-23(14)17(24)25)16-12(4-7-26-18)8-15(19)27-16/h8,10,14H,4-7,9,11H2,1-3H3,(H,24,25)/t14?,18-/m0/s1. The highest BCUT2D eigenvalue weighted by Crippen LogP contribution is 2.50. The minimum atomic E-state index is -1.35. The second kappa shape index (κ2) is 7.23. The zero-order chi connectivity index (χ0) is 20.1. The molecule has 1 amide bonds. The fourth-order valence-corrected chi connectivity index (χ4v) is 7.24. The van der Waals surface area contributed by atoms with E-state index in [0.717, 1.165) is 16.4 Å². The maximum absolute atomic E-state index is 11.9. The lowest BCUT2D eigenvalue weighted by Crippen LogP contribution is -2.49. The molecule has 28 heavy (non-hydrogen) atoms. The van der Waals surface area contributed by atoms with E-state index in [1.54, 1.807) is 11.3 Å². The number of ether oxygens (including phenoxy) is 1. The smallest absolute Gasteiger partial charge is 0.407 e. The summed E-state index contributed by atoms with van der Waals surface area (Å²) in [5, 5.41) is 18.4. The van der Waals surface area contributed by atoms with Gasteiger partial charge in [-0.05, 0) is 40.4 Å². The topological polar surface area (TPSA) is 80.5 Å². The molecule has 2 aliphatic heterocycles. The van der Waals surface area contributed by atoms with Crippen LogP contribution < -0.4 is 0 Å². The van der Waals surface area contributed by atoms with Gasteiger partial charge in [0.2, 0.25) is 0 Å². The monoisotopic (exact) mass is 484 g/mol. The highest BCUT2D eigenvalue weighted by atomic mass is 79.9. The second-order valence-corrected chi connectivity index (χ2v) is 16.7. The molecule has 2 aromatic rings. The maximum Gasteiger partial charge on any atom is 0.407 e. The number of hydrogen-bond donors (Lipinski definition) is 1. The van der Waals surface area contributed by atoms with Crippen LogP contribution >= 0.6 is 27.3 Å². The number of likely N-dealkylation sites (tertiary alicyclic amines) is 1. The summed E-state index contributed by atoms with van der Waals surface area (Å²) >= 11 is 5.31. The molecule has 4 rings (SSSR count). The third-order valence-electron chi connectivity index (χ3n) is 5.38. The number of halogens is 1. The van der Waals surface area contributed by atoms with Crippen molar-refractivity contribution in [3.8, 4) is 0 Å². The second-order valence-electron chi connectivity index (χ2n) is 8.85. The van der Waals surface area contributed by atoms with E-state index in [1.165, 1.54) is 15.3 Å². The molecule has 0 bridgehead atoms. The van der Waals surface area contributed by atoms with Crippen LogP contribution in [0.2, 0.25) is 19.6 Å². The molecule has 1 spiro atoms. The molecule has 0 radical (unpaired) electrons. The summed E-state index contributed by atoms with van der Waals surface area (Å²) in [6.07, 6.45) is 4.01. The summed E-state index contributed by atoms with van der Waals surface area (Å²) in [6.45, 7) is 7.92. The van der Waals surface area contributed by atoms with Crippen molar-refractivity contribution in [3.63, 3.8) is 0 Å². The number of aromatic nitrogens is 3. The van der Waals surface area contributed by atoms with Gasteiger partial charge in [0.25, 0.3) is 0 Å². The van der Waals surface area contributed by atoms with Gasteiger partial charge in [0.1, 0.15) is 11.3 Å². The van der Waals surface area contributed by atoms with Crippen LogP contribution in [0.5, 0.6) is 0 Å². The number of carboxylic acid groups (broad SMARTS) is 1. The summed E-state index contributed by atoms with van der Waals surface area (Å²) in [6, 6.07) is 1.82. The van der Waals surface area contributed by atoms with Gasteiger partial charge in [0.05, 0.1) is 30.7 Å². The fraction of sp³-hybridized carbons (Fsp3) is 0.611. The van der Waals surface area contributed by atoms with Gasteiger partial charge < -0.3 is 9.84 Å². The molecule has 7 nitrogen and oxygen atoms in total. The van der Waals surface area contributed by atoms with Crippen LogP contribution in [0, 0.1) is 0 Å². The van der Waals surface area contributed by atoms with Crippen molar-refractivity contribution >= 4 is 41.4 Å². The van der Waals surface area contributed by atoms with E-state index in [4.69, 9.17) is 4.74 Å². The van der Waals surface area contributed by atoms with Crippen LogP contribution in [-0.4, -0.2) is 52.3 Å². The predicted molar refractivity (Wildman–Crippen MR) is 113 cm³/mol. The van der Waals surface area contributed by atoms with Gasteiger partial charge in [-0.1, -0.05) is 24.9 Å². The highest BCUT2D eigenvalue weighted by molar-refractivity contribution is 9.11. The first-order valence-electron chi connectivity index (χ1n) is 9.49. The highest BCUT2D eigenvalue weighted by Gasteiger charge is 2.48. The Morgan fingerprint density at radius 2 is 2.29 bits per heavy atom. The number of piperidine rings is 1. The summed E-state index contributed by atoms with van der Waals surface area (Å²) in [7, 11) is -1.35. The van der Waals surface area contributed by atoms with E-state index >= 15 is 0 Å². The van der Waals surface area contributed by atoms with Crippen molar-refractivity contribution in [2.45, 2.75) is 56.7 Å². The van der Waals surface area contributed by atoms with Crippen molar-refractivity contribution in [2.24, 2.45) is 0 Å². The molecule has 1 N–H and O–H groups in total. The summed E-state index contributed by atoms with van der Waals surface area (Å²) in [4.78, 5) is 14.7. The van der Waals surface area contributed by atoms with Crippen LogP contribution in [0.15, 0.2) is 16.0 Å². The van der Waals surface area contributed by atoms with Gasteiger partial charge in [0, 0.05) is 24.0 Å². The number of thiophene rings is 1. The van der Waals surface area contributed by atoms with Crippen LogP contribution in [0.3, 0.4) is 0 Å². The van der Waals surface area contributed by atoms with Crippen molar-refractivity contribution in [1.82, 2.24) is 19.9 Å². The minimum Gasteiger partial charge on any atom is -0.465 e. The molecule has 0 saturated carbocycles. The Hall–Kier alpha value is -1.23. The van der Waals surface area contributed by atoms with Gasteiger partial charge >= 0.3 is 6.09 Å². The molecule has 4 heterocycles. The van der Waals surface area contributed by atoms with E-state index in [-0.39, 0.29) is 6.04 Å². The third-order valence-corrected chi connectivity index (χ3v) is 8.52. The number of carbonyl (C=O) groups is 1. The quantitative estimate of drug-likeness (QED) is 0.657. The summed E-state index contributed by atoms with van der Waals surface area (Å²) < 4.78 is 9.31. The predicted octanol–water partition coefficient (Wildman–Crippen LogP) is 4.26. The molecule has 1 saturated heterocycles. The minimum absolute atomic E-state index is 0.353. The van der Waals surface area contributed by atoms with Crippen LogP contribution in [-0.2, 0) is 22.9 Å². The summed E-state index contributed by atoms with van der Waals surface area (Å²) in [5.41, 5.74) is 1.59. The van der Waals surface area contributed by atoms with Crippen LogP contribution in [0.25, 0.3) is 0 Å². The molecule has 1 fully saturated rings. The first kappa shape index (κ1) is 20.1. The normalized spacial score (nSPS) is 25.1. The van der Waals surface area contributed by atoms with E-state index in [0.29, 0.717) is 31.7 Å². The lowest BCUT2D eigenvalue weighted by molar-refractivity contribution is -0.107. The van der Waals surface area contributed by atoms with Crippen molar-refractivity contribution in [3.05, 3.63) is 32.2 Å². The average Bonchev–Trinajstić information content (AvgIpc) is 3.20. The Balaban J connectivity index is 1.67. The molecule has 2 atom stereocenters. The number of rotatable bonds is 3. The molecular formula is C18H25BrN4O3SSi. The number of nitrogens with zero attached hydrogens (tertiary/aromatic N) is 4. The van der Waals surface area contributed by atoms with Gasteiger partial charge in [-0.25, -0.2) is 4.79 Å². The van der Waals surface area contributed by atoms with Gasteiger partial charge in [0.15, 0.2) is 0 Å². The zero-order valence-corrected chi connectivity index (χ0v) is 19.7. The van der Waals surface area contributed by atoms with Gasteiger partial charge in [-0.2, -0.15) is 0 Å². The van der Waals surface area contributed by atoms with E-state index < -0.39 is 19.8 Å². The zero-order valence-electron chi connectivity index (χ0n) is 16.3. The molecular weight excluding hydrogens is 460 g/mol. The Bertz CT molecular complexity index is 896. The lowest BCUT2D eigenvalue weighted by atomic mass is 9.81. The van der Waals surface area contributed by atoms with E-state index in [1.807, 2.05) is 10.9 Å². The number of fused-ring (bicyclic) bond motifs is 2. The molecule has 2 aliphatic rings. The largest absolute Gasteiger partial charge is 0.465 e. The molecule has 10 heteroatoms. The van der Waals surface area contributed by atoms with Crippen LogP contribution in [0.4, 0.5) is 4.79 Å². The van der Waals surface area contributed by atoms with Gasteiger partial charge in [-0.3, -0.25) is 9.58 Å². The van der Waals surface area contributed by atoms with Crippen LogP contribution in [0.1, 0.15) is 35.0 Å². The number of amides is 1. The van der Waals surface area contributed by atoms with E-state index in [9.17, 15) is 9.90 Å². The van der Waals surface area contributed by atoms with Crippen molar-refractivity contribution in [2.75, 3.05) is 13.2 Å². The fourth-order valence-electron chi connectivity index (χ4n) is 4.23. The Morgan fingerprint density at radius 3 is 3.00 bits per heavy atom. The lowest BCUT2D eigenvalue weighted by Gasteiger charge is -2.46. The molecule has 0 aliphatic carbocycles. The Labute approximate surface area is 177 Å². The van der Waals surface area contributed by atoms with Gasteiger partial charge in [-0.15, -0.1) is 16.4 Å². The molecule has 2 aromatic heterocycles. The Morgan fingerprint density at radius 1 is 1.50 bits per heavy atom. The van der Waals surface area contributed by atoms with E-state index in [2.05, 4.69) is 51.9 Å². The first-order chi connectivity index (χ1) is 13.2. The van der Waals surface area contributed by atoms with Crippen molar-refractivity contribution < 1.29 is 14.6 Å². The molecule has 1 unspecified atom stereocenters. The molecule has 0 aromatic carbocycles. The maximum atomic E-state index is 11.9. The Kier molecular flexibility index (Phi) is 5.18. The first-order valence-corrected chi connectivity index (χ1v) is 14.8. The average molecular weight is 485 g/mol. The third kappa shape index (κ3) is 3.79. The van der Waals surface area contributed by atoms with Crippen molar-refractivity contribution in [1.29, 1.82) is 0 Å². The number of hydrogen-bond acceptors (Lipinski definition) is 5. The summed E-state index contributed by atoms with van der Waals surface area (Å²) in [5.74, 6) is 0. The SMILES string of the molecule is C[Si](C)(C)Cn1cc(C2C[C@]3(CCN2C(=O)O)OCCc2cc(Br)sc23)nn1.